The van der Waals surface area contributed by atoms with Crippen molar-refractivity contribution >= 4 is 29.9 Å². The Labute approximate surface area is 160 Å². The lowest BCUT2D eigenvalue weighted by molar-refractivity contribution is 0.446. The van der Waals surface area contributed by atoms with Gasteiger partial charge in [0.15, 0.2) is 5.96 Å². The number of rotatable bonds is 5. The molecule has 1 aromatic carbocycles. The third-order valence-corrected chi connectivity index (χ3v) is 4.19. The molecule has 1 heterocycles. The zero-order valence-corrected chi connectivity index (χ0v) is 16.7. The smallest absolute Gasteiger partial charge is 0.194 e. The summed E-state index contributed by atoms with van der Waals surface area (Å²) in [5.41, 5.74) is 1.40. The van der Waals surface area contributed by atoms with Crippen LogP contribution in [-0.4, -0.2) is 45.3 Å². The van der Waals surface area contributed by atoms with Crippen LogP contribution in [0, 0.1) is 0 Å². The Morgan fingerprint density at radius 3 is 2.75 bits per heavy atom. The highest BCUT2D eigenvalue weighted by atomic mass is 127. The molecule has 0 amide bonds. The number of aliphatic imine (C=N–C) groups is 1. The van der Waals surface area contributed by atoms with Crippen LogP contribution in [0.4, 0.5) is 0 Å². The summed E-state index contributed by atoms with van der Waals surface area (Å²) in [6.07, 6.45) is 2.74. The fourth-order valence-electron chi connectivity index (χ4n) is 2.77. The summed E-state index contributed by atoms with van der Waals surface area (Å²) in [7, 11) is 3.95. The number of nitrogens with one attached hydrogen (secondary N) is 1. The fourth-order valence-corrected chi connectivity index (χ4v) is 2.77. The normalized spacial score (nSPS) is 19.5. The minimum Gasteiger partial charge on any atom is -0.353 e. The van der Waals surface area contributed by atoms with Gasteiger partial charge in [-0.2, -0.15) is 5.10 Å². The van der Waals surface area contributed by atoms with Gasteiger partial charge in [0.25, 0.3) is 0 Å². The number of nitrogens with zero attached hydrogens (tertiary/aromatic N) is 5. The standard InChI is InChI=1S/C17H24N6.HI/c1-4-18-17(22(2)11-16-19-12-20-23(16)3)21-15-10-14(15)13-8-6-5-7-9-13;/h5-9,12,14-15H,4,10-11H2,1-3H3,(H,18,21);1H. The maximum atomic E-state index is 4.62. The van der Waals surface area contributed by atoms with Crippen molar-refractivity contribution in [2.24, 2.45) is 12.0 Å². The van der Waals surface area contributed by atoms with Crippen LogP contribution in [0.5, 0.6) is 0 Å². The quantitative estimate of drug-likeness (QED) is 0.441. The summed E-state index contributed by atoms with van der Waals surface area (Å²) in [4.78, 5) is 11.0. The second-order valence-electron chi connectivity index (χ2n) is 5.96. The molecule has 2 unspecified atom stereocenters. The van der Waals surface area contributed by atoms with Gasteiger partial charge >= 0.3 is 0 Å². The third kappa shape index (κ3) is 4.46. The Bertz CT molecular complexity index is 669. The fraction of sp³-hybridized carbons (Fsp3) is 0.471. The molecule has 0 bridgehead atoms. The second-order valence-corrected chi connectivity index (χ2v) is 5.96. The first-order valence-electron chi connectivity index (χ1n) is 8.09. The Morgan fingerprint density at radius 1 is 1.38 bits per heavy atom. The Balaban J connectivity index is 0.00000208. The minimum absolute atomic E-state index is 0. The Morgan fingerprint density at radius 2 is 2.12 bits per heavy atom. The molecule has 3 rings (SSSR count). The van der Waals surface area contributed by atoms with Gasteiger partial charge in [0.2, 0.25) is 0 Å². The van der Waals surface area contributed by atoms with Gasteiger partial charge < -0.3 is 10.2 Å². The summed E-state index contributed by atoms with van der Waals surface area (Å²) in [6.45, 7) is 3.50. The van der Waals surface area contributed by atoms with E-state index in [1.807, 2.05) is 14.1 Å². The van der Waals surface area contributed by atoms with Crippen molar-refractivity contribution in [1.82, 2.24) is 25.0 Å². The number of hydrogen-bond acceptors (Lipinski definition) is 3. The zero-order chi connectivity index (χ0) is 16.2. The van der Waals surface area contributed by atoms with E-state index in [2.05, 4.69) is 62.5 Å². The van der Waals surface area contributed by atoms with E-state index in [0.717, 1.165) is 24.7 Å². The molecule has 24 heavy (non-hydrogen) atoms. The average molecular weight is 440 g/mol. The van der Waals surface area contributed by atoms with Gasteiger partial charge in [-0.15, -0.1) is 24.0 Å². The van der Waals surface area contributed by atoms with E-state index in [1.165, 1.54) is 5.56 Å². The lowest BCUT2D eigenvalue weighted by atomic mass is 10.1. The molecule has 130 valence electrons. The molecule has 1 fully saturated rings. The third-order valence-electron chi connectivity index (χ3n) is 4.19. The van der Waals surface area contributed by atoms with E-state index in [4.69, 9.17) is 0 Å². The van der Waals surface area contributed by atoms with Crippen LogP contribution in [0.3, 0.4) is 0 Å². The first kappa shape index (κ1) is 18.7. The maximum absolute atomic E-state index is 4.62. The van der Waals surface area contributed by atoms with E-state index >= 15 is 0 Å². The van der Waals surface area contributed by atoms with Crippen molar-refractivity contribution in [3.05, 3.63) is 48.0 Å². The van der Waals surface area contributed by atoms with Crippen molar-refractivity contribution in [1.29, 1.82) is 0 Å². The largest absolute Gasteiger partial charge is 0.353 e. The van der Waals surface area contributed by atoms with E-state index in [1.54, 1.807) is 11.0 Å². The lowest BCUT2D eigenvalue weighted by Gasteiger charge is -2.22. The second kappa shape index (κ2) is 8.46. The van der Waals surface area contributed by atoms with E-state index in [9.17, 15) is 0 Å². The van der Waals surface area contributed by atoms with Crippen molar-refractivity contribution in [2.45, 2.75) is 31.8 Å². The zero-order valence-electron chi connectivity index (χ0n) is 14.4. The molecular formula is C17H25IN6. The van der Waals surface area contributed by atoms with Crippen molar-refractivity contribution in [2.75, 3.05) is 13.6 Å². The van der Waals surface area contributed by atoms with Gasteiger partial charge in [-0.05, 0) is 18.9 Å². The summed E-state index contributed by atoms with van der Waals surface area (Å²) >= 11 is 0. The molecule has 1 aliphatic carbocycles. The van der Waals surface area contributed by atoms with E-state index < -0.39 is 0 Å². The molecule has 0 aliphatic heterocycles. The summed E-state index contributed by atoms with van der Waals surface area (Å²) in [5, 5.41) is 7.71. The first-order chi connectivity index (χ1) is 11.2. The van der Waals surface area contributed by atoms with Gasteiger partial charge in [-0.1, -0.05) is 30.3 Å². The van der Waals surface area contributed by atoms with Crippen LogP contribution in [0.15, 0.2) is 41.7 Å². The van der Waals surface area contributed by atoms with Crippen LogP contribution >= 0.6 is 24.0 Å². The predicted molar refractivity (Wildman–Crippen MR) is 107 cm³/mol. The minimum atomic E-state index is 0. The molecule has 0 saturated heterocycles. The topological polar surface area (TPSA) is 58.3 Å². The van der Waals surface area contributed by atoms with E-state index in [0.29, 0.717) is 18.5 Å². The molecule has 1 aromatic heterocycles. The highest BCUT2D eigenvalue weighted by molar-refractivity contribution is 14.0. The van der Waals surface area contributed by atoms with Gasteiger partial charge in [-0.3, -0.25) is 9.67 Å². The van der Waals surface area contributed by atoms with Crippen LogP contribution < -0.4 is 5.32 Å². The molecule has 1 saturated carbocycles. The van der Waals surface area contributed by atoms with Gasteiger partial charge in [0.1, 0.15) is 12.2 Å². The number of guanidine groups is 1. The first-order valence-corrected chi connectivity index (χ1v) is 8.09. The molecule has 6 nitrogen and oxygen atoms in total. The van der Waals surface area contributed by atoms with E-state index in [-0.39, 0.29) is 24.0 Å². The number of aryl methyl sites for hydroxylation is 1. The molecule has 0 radical (unpaired) electrons. The molecule has 2 aromatic rings. The molecular weight excluding hydrogens is 415 g/mol. The van der Waals surface area contributed by atoms with Gasteiger partial charge in [0, 0.05) is 32.6 Å². The summed E-state index contributed by atoms with van der Waals surface area (Å²) in [5.74, 6) is 2.44. The monoisotopic (exact) mass is 440 g/mol. The van der Waals surface area contributed by atoms with Crippen molar-refractivity contribution in [3.63, 3.8) is 0 Å². The number of hydrogen-bond donors (Lipinski definition) is 1. The van der Waals surface area contributed by atoms with Crippen LogP contribution in [0.2, 0.25) is 0 Å². The molecule has 1 aliphatic rings. The van der Waals surface area contributed by atoms with Gasteiger partial charge in [0.05, 0.1) is 6.54 Å². The van der Waals surface area contributed by atoms with Crippen LogP contribution in [0.1, 0.15) is 30.7 Å². The maximum Gasteiger partial charge on any atom is 0.194 e. The van der Waals surface area contributed by atoms with Crippen LogP contribution in [0.25, 0.3) is 0 Å². The molecule has 0 spiro atoms. The summed E-state index contributed by atoms with van der Waals surface area (Å²) < 4.78 is 1.80. The molecule has 7 heteroatoms. The summed E-state index contributed by atoms with van der Waals surface area (Å²) in [6, 6.07) is 11.1. The average Bonchev–Trinajstić information content (AvgIpc) is 3.22. The molecule has 1 N–H and O–H groups in total. The Kier molecular flexibility index (Phi) is 6.59. The Hall–Kier alpha value is -1.64. The number of halogens is 1. The van der Waals surface area contributed by atoms with Crippen LogP contribution in [-0.2, 0) is 13.6 Å². The van der Waals surface area contributed by atoms with Crippen molar-refractivity contribution in [3.8, 4) is 0 Å². The SMILES string of the molecule is CCN=C(NC1CC1c1ccccc1)N(C)Cc1ncnn1C.I. The molecule has 2 atom stereocenters. The predicted octanol–water partition coefficient (Wildman–Crippen LogP) is 2.39. The highest BCUT2D eigenvalue weighted by Crippen LogP contribution is 2.40. The highest BCUT2D eigenvalue weighted by Gasteiger charge is 2.39. The van der Waals surface area contributed by atoms with Crippen molar-refractivity contribution < 1.29 is 0 Å². The lowest BCUT2D eigenvalue weighted by Crippen LogP contribution is -2.40. The number of benzene rings is 1. The van der Waals surface area contributed by atoms with Gasteiger partial charge in [-0.25, -0.2) is 4.98 Å². The number of aromatic nitrogens is 3.